The third kappa shape index (κ3) is 5.26. The average molecular weight is 490 g/mol. The highest BCUT2D eigenvalue weighted by atomic mass is 35.5. The molecule has 0 bridgehead atoms. The highest BCUT2D eigenvalue weighted by molar-refractivity contribution is 6.32. The third-order valence-corrected chi connectivity index (χ3v) is 5.64. The van der Waals surface area contributed by atoms with Crippen LogP contribution >= 0.6 is 11.6 Å². The molecule has 6 nitrogen and oxygen atoms in total. The summed E-state index contributed by atoms with van der Waals surface area (Å²) in [6.45, 7) is 0.620. The van der Waals surface area contributed by atoms with Gasteiger partial charge in [0.05, 0.1) is 10.5 Å². The van der Waals surface area contributed by atoms with E-state index < -0.39 is 0 Å². The van der Waals surface area contributed by atoms with Gasteiger partial charge in [0.1, 0.15) is 48.4 Å². The minimum Gasteiger partial charge on any atom is -0.487 e. The molecule has 0 spiro atoms. The summed E-state index contributed by atoms with van der Waals surface area (Å²) in [5, 5.41) is 4.56. The second-order valence-corrected chi connectivity index (χ2v) is 8.25. The van der Waals surface area contributed by atoms with E-state index in [9.17, 15) is 4.39 Å². The highest BCUT2D eigenvalue weighted by Gasteiger charge is 2.11. The van der Waals surface area contributed by atoms with E-state index in [1.165, 1.54) is 18.5 Å². The van der Waals surface area contributed by atoms with Crippen LogP contribution in [0.2, 0.25) is 5.02 Å². The molecule has 176 valence electrons. The molecule has 0 aliphatic rings. The van der Waals surface area contributed by atoms with Gasteiger partial charge in [-0.2, -0.15) is 0 Å². The van der Waals surface area contributed by atoms with Gasteiger partial charge >= 0.3 is 0 Å². The van der Waals surface area contributed by atoms with Crippen LogP contribution in [0.5, 0.6) is 5.75 Å². The molecule has 8 heteroatoms. The van der Waals surface area contributed by atoms with E-state index in [0.717, 1.165) is 39.2 Å². The SMILES string of the molecule is COCc1ccc(-c2ccc3ncnc(Nc4ccc(OCc5cccc(F)c5)c(Cl)c4)c3c2)o1. The maximum atomic E-state index is 13.4. The van der Waals surface area contributed by atoms with Crippen LogP contribution in [0.25, 0.3) is 22.2 Å². The summed E-state index contributed by atoms with van der Waals surface area (Å²) >= 11 is 6.45. The Morgan fingerprint density at radius 1 is 0.971 bits per heavy atom. The number of nitrogens with one attached hydrogen (secondary N) is 1. The summed E-state index contributed by atoms with van der Waals surface area (Å²) < 4.78 is 30.2. The second-order valence-electron chi connectivity index (χ2n) is 7.84. The van der Waals surface area contributed by atoms with Crippen LogP contribution in [-0.2, 0) is 18.0 Å². The number of methoxy groups -OCH3 is 1. The zero-order valence-corrected chi connectivity index (χ0v) is 19.6. The van der Waals surface area contributed by atoms with Gasteiger partial charge in [0.2, 0.25) is 0 Å². The summed E-state index contributed by atoms with van der Waals surface area (Å²) in [5.74, 6) is 2.31. The smallest absolute Gasteiger partial charge is 0.141 e. The van der Waals surface area contributed by atoms with E-state index in [0.29, 0.717) is 23.2 Å². The summed E-state index contributed by atoms with van der Waals surface area (Å²) in [5.41, 5.74) is 3.14. The summed E-state index contributed by atoms with van der Waals surface area (Å²) in [6, 6.07) is 21.3. The number of fused-ring (bicyclic) bond motifs is 1. The van der Waals surface area contributed by atoms with Crippen molar-refractivity contribution >= 4 is 34.0 Å². The molecule has 0 radical (unpaired) electrons. The van der Waals surface area contributed by atoms with Gasteiger partial charge in [-0.3, -0.25) is 0 Å². The van der Waals surface area contributed by atoms with Gasteiger partial charge in [0, 0.05) is 23.7 Å². The Morgan fingerprint density at radius 3 is 2.71 bits per heavy atom. The van der Waals surface area contributed by atoms with E-state index in [4.69, 9.17) is 25.5 Å². The molecule has 0 saturated carbocycles. The first-order valence-electron chi connectivity index (χ1n) is 10.9. The van der Waals surface area contributed by atoms with Gasteiger partial charge in [0.15, 0.2) is 0 Å². The van der Waals surface area contributed by atoms with Gasteiger partial charge in [-0.15, -0.1) is 0 Å². The Labute approximate surface area is 206 Å². The molecule has 0 atom stereocenters. The van der Waals surface area contributed by atoms with Crippen molar-refractivity contribution in [3.8, 4) is 17.1 Å². The number of halogens is 2. The monoisotopic (exact) mass is 489 g/mol. The van der Waals surface area contributed by atoms with E-state index in [2.05, 4.69) is 15.3 Å². The molecule has 2 heterocycles. The Balaban J connectivity index is 1.37. The van der Waals surface area contributed by atoms with Crippen LogP contribution in [0.4, 0.5) is 15.9 Å². The molecule has 35 heavy (non-hydrogen) atoms. The quantitative estimate of drug-likeness (QED) is 0.249. The number of ether oxygens (including phenoxy) is 2. The lowest BCUT2D eigenvalue weighted by Gasteiger charge is -2.12. The molecule has 0 fully saturated rings. The molecule has 0 aliphatic carbocycles. The highest BCUT2D eigenvalue weighted by Crippen LogP contribution is 2.32. The van der Waals surface area contributed by atoms with Crippen molar-refractivity contribution in [2.24, 2.45) is 0 Å². The second kappa shape index (κ2) is 10.1. The van der Waals surface area contributed by atoms with E-state index >= 15 is 0 Å². The van der Waals surface area contributed by atoms with Crippen molar-refractivity contribution in [2.45, 2.75) is 13.2 Å². The molecule has 2 aromatic heterocycles. The molecule has 0 unspecified atom stereocenters. The Kier molecular flexibility index (Phi) is 6.61. The van der Waals surface area contributed by atoms with Crippen LogP contribution in [0.3, 0.4) is 0 Å². The zero-order chi connectivity index (χ0) is 24.2. The fourth-order valence-corrected chi connectivity index (χ4v) is 3.92. The molecular formula is C27H21ClFN3O3. The van der Waals surface area contributed by atoms with Crippen molar-refractivity contribution in [1.29, 1.82) is 0 Å². The van der Waals surface area contributed by atoms with Gasteiger partial charge in [-0.25, -0.2) is 14.4 Å². The molecule has 5 aromatic rings. The minimum atomic E-state index is -0.306. The molecule has 3 aromatic carbocycles. The Morgan fingerprint density at radius 2 is 1.89 bits per heavy atom. The number of furan rings is 1. The summed E-state index contributed by atoms with van der Waals surface area (Å²) in [7, 11) is 1.63. The molecule has 0 saturated heterocycles. The standard InChI is InChI=1S/C27H21ClFN3O3/c1-33-15-21-7-10-25(35-21)18-5-8-24-22(12-18)27(31-16-30-24)32-20-6-9-26(23(28)13-20)34-14-17-3-2-4-19(29)11-17/h2-13,16H,14-15H2,1H3,(H,30,31,32). The lowest BCUT2D eigenvalue weighted by Crippen LogP contribution is -1.98. The predicted octanol–water partition coefficient (Wildman–Crippen LogP) is 7.15. The van der Waals surface area contributed by atoms with Crippen LogP contribution in [0.15, 0.2) is 83.5 Å². The van der Waals surface area contributed by atoms with E-state index in [1.54, 1.807) is 31.4 Å². The number of rotatable bonds is 8. The molecule has 0 aliphatic heterocycles. The average Bonchev–Trinajstić information content (AvgIpc) is 3.32. The molecule has 5 rings (SSSR count). The number of anilines is 2. The van der Waals surface area contributed by atoms with Gasteiger partial charge in [-0.05, 0) is 66.2 Å². The van der Waals surface area contributed by atoms with Crippen LogP contribution < -0.4 is 10.1 Å². The van der Waals surface area contributed by atoms with Crippen molar-refractivity contribution in [3.05, 3.63) is 101 Å². The topological polar surface area (TPSA) is 69.4 Å². The summed E-state index contributed by atoms with van der Waals surface area (Å²) in [4.78, 5) is 8.79. The van der Waals surface area contributed by atoms with Crippen molar-refractivity contribution < 1.29 is 18.3 Å². The van der Waals surface area contributed by atoms with Gasteiger partial charge in [-0.1, -0.05) is 23.7 Å². The third-order valence-electron chi connectivity index (χ3n) is 5.35. The maximum absolute atomic E-state index is 13.4. The van der Waals surface area contributed by atoms with E-state index in [-0.39, 0.29) is 12.4 Å². The normalized spacial score (nSPS) is 11.1. The van der Waals surface area contributed by atoms with Crippen molar-refractivity contribution in [3.63, 3.8) is 0 Å². The maximum Gasteiger partial charge on any atom is 0.141 e. The molecule has 0 amide bonds. The lowest BCUT2D eigenvalue weighted by atomic mass is 10.1. The summed E-state index contributed by atoms with van der Waals surface area (Å²) in [6.07, 6.45) is 1.51. The van der Waals surface area contributed by atoms with Gasteiger partial charge < -0.3 is 19.2 Å². The Bertz CT molecular complexity index is 1490. The van der Waals surface area contributed by atoms with Crippen molar-refractivity contribution in [2.75, 3.05) is 12.4 Å². The molecular weight excluding hydrogens is 469 g/mol. The van der Waals surface area contributed by atoms with Crippen LogP contribution in [0, 0.1) is 5.82 Å². The first kappa shape index (κ1) is 22.8. The fraction of sp³-hybridized carbons (Fsp3) is 0.111. The fourth-order valence-electron chi connectivity index (χ4n) is 3.68. The Hall–Kier alpha value is -3.94. The largest absolute Gasteiger partial charge is 0.487 e. The number of benzene rings is 3. The number of aromatic nitrogens is 2. The number of hydrogen-bond donors (Lipinski definition) is 1. The van der Waals surface area contributed by atoms with E-state index in [1.807, 2.05) is 36.4 Å². The first-order valence-corrected chi connectivity index (χ1v) is 11.2. The number of hydrogen-bond acceptors (Lipinski definition) is 6. The first-order chi connectivity index (χ1) is 17.1. The lowest BCUT2D eigenvalue weighted by molar-refractivity contribution is 0.165. The van der Waals surface area contributed by atoms with Crippen molar-refractivity contribution in [1.82, 2.24) is 9.97 Å². The minimum absolute atomic E-state index is 0.211. The zero-order valence-electron chi connectivity index (χ0n) is 18.8. The van der Waals surface area contributed by atoms with Crippen LogP contribution in [-0.4, -0.2) is 17.1 Å². The number of nitrogens with zero attached hydrogens (tertiary/aromatic N) is 2. The predicted molar refractivity (Wildman–Crippen MR) is 133 cm³/mol. The van der Waals surface area contributed by atoms with Gasteiger partial charge in [0.25, 0.3) is 0 Å². The molecule has 1 N–H and O–H groups in total. The van der Waals surface area contributed by atoms with Crippen LogP contribution in [0.1, 0.15) is 11.3 Å².